The number of hydrogen-bond acceptors (Lipinski definition) is 2. The molecular weight excluding hydrogens is 607 g/mol. The summed E-state index contributed by atoms with van der Waals surface area (Å²) in [6.07, 6.45) is 0. The van der Waals surface area contributed by atoms with Crippen LogP contribution in [0.1, 0.15) is 0 Å². The molecule has 234 valence electrons. The van der Waals surface area contributed by atoms with Crippen molar-refractivity contribution in [2.24, 2.45) is 0 Å². The summed E-state index contributed by atoms with van der Waals surface area (Å²) < 4.78 is 6.22. The molecule has 0 amide bonds. The first-order chi connectivity index (χ1) is 24.8. The summed E-state index contributed by atoms with van der Waals surface area (Å²) in [6.45, 7) is 0. The maximum Gasteiger partial charge on any atom is 0.135 e. The molecule has 0 aliphatic rings. The van der Waals surface area contributed by atoms with Gasteiger partial charge in [-0.15, -0.1) is 0 Å². The number of furan rings is 1. The number of para-hydroxylation sites is 1. The summed E-state index contributed by atoms with van der Waals surface area (Å²) in [5.41, 5.74) is 9.89. The zero-order valence-electron chi connectivity index (χ0n) is 27.3. The Morgan fingerprint density at radius 1 is 0.300 bits per heavy atom. The maximum atomic E-state index is 6.22. The molecule has 0 spiro atoms. The predicted octanol–water partition coefficient (Wildman–Crippen LogP) is 13.8. The predicted molar refractivity (Wildman–Crippen MR) is 212 cm³/mol. The molecule has 0 atom stereocenters. The van der Waals surface area contributed by atoms with Gasteiger partial charge in [0.15, 0.2) is 0 Å². The number of anilines is 3. The second kappa shape index (κ2) is 11.5. The maximum absolute atomic E-state index is 6.22. The molecular formula is C48H31NO. The van der Waals surface area contributed by atoms with Crippen molar-refractivity contribution in [3.63, 3.8) is 0 Å². The van der Waals surface area contributed by atoms with Crippen LogP contribution in [-0.4, -0.2) is 0 Å². The lowest BCUT2D eigenvalue weighted by Crippen LogP contribution is -2.09. The first-order valence-electron chi connectivity index (χ1n) is 17.1. The monoisotopic (exact) mass is 637 g/mol. The summed E-state index contributed by atoms with van der Waals surface area (Å²) in [4.78, 5) is 2.36. The topological polar surface area (TPSA) is 16.4 Å². The van der Waals surface area contributed by atoms with Gasteiger partial charge in [-0.3, -0.25) is 0 Å². The fraction of sp³-hybridized carbons (Fsp3) is 0. The number of fused-ring (bicyclic) bond motifs is 8. The van der Waals surface area contributed by atoms with Gasteiger partial charge in [0.1, 0.15) is 11.2 Å². The van der Waals surface area contributed by atoms with Crippen LogP contribution in [0.25, 0.3) is 76.5 Å². The van der Waals surface area contributed by atoms with Crippen LogP contribution in [0.2, 0.25) is 0 Å². The molecule has 50 heavy (non-hydrogen) atoms. The molecule has 0 N–H and O–H groups in total. The van der Waals surface area contributed by atoms with Crippen LogP contribution in [-0.2, 0) is 0 Å². The van der Waals surface area contributed by atoms with E-state index in [-0.39, 0.29) is 0 Å². The molecule has 0 aliphatic carbocycles. The van der Waals surface area contributed by atoms with Crippen molar-refractivity contribution < 1.29 is 4.42 Å². The Kier molecular flexibility index (Phi) is 6.53. The van der Waals surface area contributed by atoms with Gasteiger partial charge in [-0.05, 0) is 103 Å². The lowest BCUT2D eigenvalue weighted by Gasteiger charge is -2.26. The lowest BCUT2D eigenvalue weighted by atomic mass is 9.94. The molecule has 0 saturated heterocycles. The minimum Gasteiger partial charge on any atom is -0.456 e. The molecule has 0 fully saturated rings. The fourth-order valence-electron chi connectivity index (χ4n) is 7.65. The standard InChI is InChI=1S/C48H31NO/c1-2-10-32(11-3-1)39-13-6-7-14-40(39)34-18-22-36(23-19-34)49(38-25-29-48-46(31-38)45-16-8-9-17-47(45)50-48)37-24-28-42-35(30-37)21-27-43-41-15-5-4-12-33(41)20-26-44(42)43/h1-31H. The Hall–Kier alpha value is -6.64. The van der Waals surface area contributed by atoms with Crippen LogP contribution in [0.3, 0.4) is 0 Å². The SMILES string of the molecule is c1ccc(-c2ccccc2-c2ccc(N(c3ccc4c(ccc5c6ccccc6ccc45)c3)c3ccc4oc5ccccc5c4c3)cc2)cc1. The highest BCUT2D eigenvalue weighted by atomic mass is 16.3. The average molecular weight is 638 g/mol. The van der Waals surface area contributed by atoms with E-state index < -0.39 is 0 Å². The highest BCUT2D eigenvalue weighted by molar-refractivity contribution is 6.17. The lowest BCUT2D eigenvalue weighted by molar-refractivity contribution is 0.669. The van der Waals surface area contributed by atoms with Gasteiger partial charge in [0.05, 0.1) is 0 Å². The van der Waals surface area contributed by atoms with Gasteiger partial charge in [0, 0.05) is 27.8 Å². The molecule has 1 heterocycles. The third-order valence-electron chi connectivity index (χ3n) is 10.1. The van der Waals surface area contributed by atoms with Crippen LogP contribution >= 0.6 is 0 Å². The van der Waals surface area contributed by atoms with Crippen molar-refractivity contribution in [1.82, 2.24) is 0 Å². The Morgan fingerprint density at radius 3 is 1.64 bits per heavy atom. The molecule has 0 saturated carbocycles. The minimum atomic E-state index is 0.889. The van der Waals surface area contributed by atoms with E-state index in [2.05, 4.69) is 181 Å². The highest BCUT2D eigenvalue weighted by Crippen LogP contribution is 2.42. The normalized spacial score (nSPS) is 11.6. The van der Waals surface area contributed by atoms with E-state index in [0.717, 1.165) is 39.0 Å². The van der Waals surface area contributed by atoms with E-state index in [1.54, 1.807) is 0 Å². The summed E-state index contributed by atoms with van der Waals surface area (Å²) >= 11 is 0. The second-order valence-electron chi connectivity index (χ2n) is 12.9. The first kappa shape index (κ1) is 28.4. The number of nitrogens with zero attached hydrogens (tertiary/aromatic N) is 1. The van der Waals surface area contributed by atoms with Crippen molar-refractivity contribution >= 4 is 71.3 Å². The van der Waals surface area contributed by atoms with Crippen molar-refractivity contribution in [3.05, 3.63) is 188 Å². The van der Waals surface area contributed by atoms with E-state index >= 15 is 0 Å². The zero-order chi connectivity index (χ0) is 33.0. The molecule has 2 nitrogen and oxygen atoms in total. The van der Waals surface area contributed by atoms with E-state index in [0.29, 0.717) is 0 Å². The molecule has 0 aliphatic heterocycles. The van der Waals surface area contributed by atoms with E-state index in [9.17, 15) is 0 Å². The third kappa shape index (κ3) is 4.65. The smallest absolute Gasteiger partial charge is 0.135 e. The van der Waals surface area contributed by atoms with E-state index in [4.69, 9.17) is 4.42 Å². The summed E-state index contributed by atoms with van der Waals surface area (Å²) in [5, 5.41) is 9.78. The molecule has 0 bridgehead atoms. The van der Waals surface area contributed by atoms with Crippen LogP contribution < -0.4 is 4.90 Å². The van der Waals surface area contributed by atoms with Gasteiger partial charge >= 0.3 is 0 Å². The Labute approximate surface area is 290 Å². The summed E-state index contributed by atoms with van der Waals surface area (Å²) in [7, 11) is 0. The molecule has 10 aromatic rings. The minimum absolute atomic E-state index is 0.889. The zero-order valence-corrected chi connectivity index (χ0v) is 27.3. The third-order valence-corrected chi connectivity index (χ3v) is 10.1. The molecule has 2 heteroatoms. The van der Waals surface area contributed by atoms with Crippen molar-refractivity contribution in [3.8, 4) is 22.3 Å². The number of benzene rings is 9. The number of hydrogen-bond donors (Lipinski definition) is 0. The summed E-state index contributed by atoms with van der Waals surface area (Å²) in [5.74, 6) is 0. The molecule has 1 aromatic heterocycles. The Bertz CT molecular complexity index is 2870. The molecule has 0 unspecified atom stereocenters. The largest absolute Gasteiger partial charge is 0.456 e. The van der Waals surface area contributed by atoms with Gasteiger partial charge < -0.3 is 9.32 Å². The Balaban J connectivity index is 1.14. The van der Waals surface area contributed by atoms with Crippen molar-refractivity contribution in [1.29, 1.82) is 0 Å². The number of rotatable bonds is 5. The van der Waals surface area contributed by atoms with Gasteiger partial charge in [-0.25, -0.2) is 0 Å². The second-order valence-corrected chi connectivity index (χ2v) is 12.9. The molecule has 9 aromatic carbocycles. The fourth-order valence-corrected chi connectivity index (χ4v) is 7.65. The van der Waals surface area contributed by atoms with Gasteiger partial charge in [0.25, 0.3) is 0 Å². The van der Waals surface area contributed by atoms with Crippen molar-refractivity contribution in [2.75, 3.05) is 4.90 Å². The Morgan fingerprint density at radius 2 is 0.840 bits per heavy atom. The quantitative estimate of drug-likeness (QED) is 0.175. The van der Waals surface area contributed by atoms with Gasteiger partial charge in [-0.2, -0.15) is 0 Å². The van der Waals surface area contributed by atoms with Crippen molar-refractivity contribution in [2.45, 2.75) is 0 Å². The van der Waals surface area contributed by atoms with Gasteiger partial charge in [-0.1, -0.05) is 140 Å². The molecule has 10 rings (SSSR count). The van der Waals surface area contributed by atoms with E-state index in [1.807, 2.05) is 12.1 Å². The van der Waals surface area contributed by atoms with Crippen LogP contribution in [0.5, 0.6) is 0 Å². The first-order valence-corrected chi connectivity index (χ1v) is 17.1. The van der Waals surface area contributed by atoms with Crippen LogP contribution in [0.15, 0.2) is 192 Å². The average Bonchev–Trinajstić information content (AvgIpc) is 3.56. The van der Waals surface area contributed by atoms with Gasteiger partial charge in [0.2, 0.25) is 0 Å². The van der Waals surface area contributed by atoms with Crippen LogP contribution in [0, 0.1) is 0 Å². The highest BCUT2D eigenvalue weighted by Gasteiger charge is 2.17. The molecule has 0 radical (unpaired) electrons. The van der Waals surface area contributed by atoms with Crippen LogP contribution in [0.4, 0.5) is 17.1 Å². The summed E-state index contributed by atoms with van der Waals surface area (Å²) in [6, 6.07) is 67.6. The van der Waals surface area contributed by atoms with E-state index in [1.165, 1.54) is 54.6 Å².